The molecule has 0 radical (unpaired) electrons. The van der Waals surface area contributed by atoms with Crippen LogP contribution in [0, 0.1) is 0 Å². The summed E-state index contributed by atoms with van der Waals surface area (Å²) >= 11 is 0. The molecule has 1 aliphatic rings. The van der Waals surface area contributed by atoms with E-state index in [0.717, 1.165) is 6.92 Å². The average molecular weight is 593 g/mol. The second kappa shape index (κ2) is 10.5. The molecule has 0 saturated carbocycles. The van der Waals surface area contributed by atoms with E-state index in [4.69, 9.17) is 30.5 Å². The zero-order chi connectivity index (χ0) is 27.8. The number of phosphoric acid groups is 3. The van der Waals surface area contributed by atoms with Crippen LogP contribution in [0.5, 0.6) is 0 Å². The van der Waals surface area contributed by atoms with Gasteiger partial charge in [-0.05, 0) is 16.7 Å². The minimum atomic E-state index is -5.79. The molecule has 6 atom stereocenters. The zero-order valence-corrected chi connectivity index (χ0v) is 21.0. The van der Waals surface area contributed by atoms with Gasteiger partial charge in [-0.25, -0.2) is 18.1 Å². The summed E-state index contributed by atoms with van der Waals surface area (Å²) in [5, 5.41) is 2.94. The van der Waals surface area contributed by atoms with E-state index in [0.29, 0.717) is 0 Å². The lowest BCUT2D eigenvalue weighted by Gasteiger charge is -2.24. The van der Waals surface area contributed by atoms with Gasteiger partial charge in [-0.1, -0.05) is 0 Å². The molecule has 1 aliphatic heterocycles. The van der Waals surface area contributed by atoms with Gasteiger partial charge in [0, 0.05) is 24.5 Å². The summed E-state index contributed by atoms with van der Waals surface area (Å²) in [7, 11) is -16.9. The molecule has 3 rings (SSSR count). The monoisotopic (exact) mass is 593 g/mol. The van der Waals surface area contributed by atoms with Crippen LogP contribution in [0.3, 0.4) is 0 Å². The Labute approximate surface area is 204 Å². The number of nitrogens with two attached hydrogens (primary N) is 1. The Morgan fingerprint density at radius 3 is 2.65 bits per heavy atom. The molecule has 0 amide bonds. The van der Waals surface area contributed by atoms with Crippen LogP contribution in [0.4, 0.5) is 10.3 Å². The van der Waals surface area contributed by atoms with Gasteiger partial charge in [0.15, 0.2) is 5.65 Å². The Hall–Kier alpha value is -2.21. The molecule has 3 heterocycles. The maximum Gasteiger partial charge on any atom is 0.490 e. The quantitative estimate of drug-likeness (QED) is 0.0702. The van der Waals surface area contributed by atoms with Gasteiger partial charge in [-0.2, -0.15) is 13.6 Å². The van der Waals surface area contributed by atoms with Crippen molar-refractivity contribution in [2.24, 2.45) is 5.11 Å². The first-order chi connectivity index (χ1) is 16.9. The molecule has 1 fully saturated rings. The number of nitrogen functional groups attached to an aromatic ring is 1. The minimum absolute atomic E-state index is 0.0524. The fourth-order valence-corrected chi connectivity index (χ4v) is 6.32. The SMILES string of the molecule is CC(F)(N=[N+]=[N-])OC1C[C@H](n2ccc3c(=O)[nH]c(N)nc32)O[C@@H]1COP(=O)(O)OP(=O)(O)OP(=O)(O)O. The van der Waals surface area contributed by atoms with E-state index in [2.05, 4.69) is 33.1 Å². The van der Waals surface area contributed by atoms with Crippen LogP contribution in [-0.4, -0.2) is 58.9 Å². The predicted octanol–water partition coefficient (Wildman–Crippen LogP) is 1.28. The third-order valence-electron chi connectivity index (χ3n) is 4.50. The maximum atomic E-state index is 14.5. The maximum absolute atomic E-state index is 14.5. The number of rotatable bonds is 11. The van der Waals surface area contributed by atoms with Crippen molar-refractivity contribution in [2.45, 2.75) is 37.8 Å². The van der Waals surface area contributed by atoms with Gasteiger partial charge in [0.05, 0.1) is 18.1 Å². The molecule has 7 N–H and O–H groups in total. The van der Waals surface area contributed by atoms with E-state index in [1.807, 2.05) is 0 Å². The Bertz CT molecular complexity index is 1420. The molecule has 37 heavy (non-hydrogen) atoms. The lowest BCUT2D eigenvalue weighted by Crippen LogP contribution is -2.35. The average Bonchev–Trinajstić information content (AvgIpc) is 3.27. The molecule has 0 bridgehead atoms. The lowest BCUT2D eigenvalue weighted by molar-refractivity contribution is -0.178. The minimum Gasteiger partial charge on any atom is -0.369 e. The number of fused-ring (bicyclic) bond motifs is 1. The number of halogens is 1. The first-order valence-electron chi connectivity index (χ1n) is 9.63. The van der Waals surface area contributed by atoms with Crippen molar-refractivity contribution in [1.29, 1.82) is 0 Å². The number of nitrogens with zero attached hydrogens (tertiary/aromatic N) is 5. The summed E-state index contributed by atoms with van der Waals surface area (Å²) in [5.41, 5.74) is 13.6. The molecule has 0 spiro atoms. The second-order valence-corrected chi connectivity index (χ2v) is 11.8. The summed E-state index contributed by atoms with van der Waals surface area (Å²) in [6.45, 7) is -0.237. The van der Waals surface area contributed by atoms with Crippen LogP contribution in [0.1, 0.15) is 19.6 Å². The van der Waals surface area contributed by atoms with Gasteiger partial charge in [0.25, 0.3) is 11.5 Å². The van der Waals surface area contributed by atoms with Crippen LogP contribution in [0.25, 0.3) is 21.5 Å². The number of hydrogen-bond acceptors (Lipinski definition) is 12. The van der Waals surface area contributed by atoms with Crippen LogP contribution in [0.15, 0.2) is 22.2 Å². The number of nitrogens with one attached hydrogen (secondary N) is 1. The van der Waals surface area contributed by atoms with E-state index >= 15 is 0 Å². The summed E-state index contributed by atoms with van der Waals surface area (Å²) in [6.07, 6.45) is -2.75. The Morgan fingerprint density at radius 2 is 2.03 bits per heavy atom. The number of alkyl halides is 1. The van der Waals surface area contributed by atoms with Crippen molar-refractivity contribution < 1.29 is 60.3 Å². The number of azide groups is 1. The van der Waals surface area contributed by atoms with Gasteiger partial charge in [0.1, 0.15) is 12.3 Å². The fraction of sp³-hybridized carbons (Fsp3) is 0.538. The van der Waals surface area contributed by atoms with Crippen molar-refractivity contribution in [2.75, 3.05) is 12.3 Å². The van der Waals surface area contributed by atoms with Crippen LogP contribution < -0.4 is 11.3 Å². The van der Waals surface area contributed by atoms with E-state index < -0.39 is 60.0 Å². The van der Waals surface area contributed by atoms with E-state index in [1.54, 1.807) is 0 Å². The molecular formula is C13H19FN7O13P3. The fourth-order valence-electron chi connectivity index (χ4n) is 3.29. The smallest absolute Gasteiger partial charge is 0.369 e. The van der Waals surface area contributed by atoms with Gasteiger partial charge < -0.3 is 39.3 Å². The van der Waals surface area contributed by atoms with Crippen LogP contribution >= 0.6 is 23.5 Å². The van der Waals surface area contributed by atoms with Crippen molar-refractivity contribution in [1.82, 2.24) is 14.5 Å². The third kappa shape index (κ3) is 7.89. The van der Waals surface area contributed by atoms with E-state index in [-0.39, 0.29) is 23.4 Å². The standard InChI is InChI=1S/C13H19FN7O13P3/c1-13(14,19-20-16)32-7-4-9(21-3-2-6-10(21)17-12(15)18-11(6)22)31-8(7)5-30-36(26,27)34-37(28,29)33-35(23,24)25/h2-3,7-9H,4-5H2,1H3,(H,26,27)(H,28,29)(H2,23,24,25)(H3,15,17,18,22)/t7?,8-,9-,13?/m1/s1. The van der Waals surface area contributed by atoms with E-state index in [1.165, 1.54) is 16.8 Å². The number of phosphoric ester groups is 1. The number of anilines is 1. The first-order valence-corrected chi connectivity index (χ1v) is 14.2. The molecule has 1 saturated heterocycles. The summed E-state index contributed by atoms with van der Waals surface area (Å²) < 4.78 is 72.7. The van der Waals surface area contributed by atoms with Gasteiger partial charge in [-0.3, -0.25) is 14.3 Å². The molecule has 24 heteroatoms. The zero-order valence-electron chi connectivity index (χ0n) is 18.3. The number of H-pyrrole nitrogens is 1. The van der Waals surface area contributed by atoms with Crippen molar-refractivity contribution in [3.05, 3.63) is 33.1 Å². The second-order valence-electron chi connectivity index (χ2n) is 7.38. The molecule has 4 unspecified atom stereocenters. The number of hydrogen-bond donors (Lipinski definition) is 6. The van der Waals surface area contributed by atoms with E-state index in [9.17, 15) is 32.7 Å². The molecule has 0 aliphatic carbocycles. The van der Waals surface area contributed by atoms with Crippen LogP contribution in [-0.2, 0) is 36.3 Å². The molecule has 206 valence electrons. The topological polar surface area (TPSA) is 304 Å². The highest BCUT2D eigenvalue weighted by Crippen LogP contribution is 2.66. The van der Waals surface area contributed by atoms with Crippen molar-refractivity contribution in [3.63, 3.8) is 0 Å². The predicted molar refractivity (Wildman–Crippen MR) is 117 cm³/mol. The number of ether oxygens (including phenoxy) is 2. The number of aromatic nitrogens is 3. The molecule has 2 aromatic rings. The normalized spacial score (nSPS) is 25.2. The largest absolute Gasteiger partial charge is 0.490 e. The summed E-state index contributed by atoms with van der Waals surface area (Å²) in [4.78, 5) is 56.8. The highest BCUT2D eigenvalue weighted by molar-refractivity contribution is 7.66. The lowest BCUT2D eigenvalue weighted by atomic mass is 10.2. The molecule has 2 aromatic heterocycles. The number of aromatic amines is 1. The summed E-state index contributed by atoms with van der Waals surface area (Å²) in [5.74, 6) is -3.15. The Balaban J connectivity index is 1.83. The first kappa shape index (κ1) is 29.3. The summed E-state index contributed by atoms with van der Waals surface area (Å²) in [6, 6.07) is 1.37. The van der Waals surface area contributed by atoms with Gasteiger partial charge >= 0.3 is 23.5 Å². The van der Waals surface area contributed by atoms with Crippen LogP contribution in [0.2, 0.25) is 0 Å². The molecule has 0 aromatic carbocycles. The van der Waals surface area contributed by atoms with Gasteiger partial charge in [-0.15, -0.1) is 0 Å². The van der Waals surface area contributed by atoms with Crippen molar-refractivity contribution >= 4 is 40.4 Å². The Morgan fingerprint density at radius 1 is 1.35 bits per heavy atom. The van der Waals surface area contributed by atoms with Crippen molar-refractivity contribution in [3.8, 4) is 0 Å². The van der Waals surface area contributed by atoms with Gasteiger partial charge in [0.2, 0.25) is 5.95 Å². The third-order valence-corrected chi connectivity index (χ3v) is 8.30. The molecule has 20 nitrogen and oxygen atoms in total. The highest BCUT2D eigenvalue weighted by Gasteiger charge is 2.45. The Kier molecular flexibility index (Phi) is 8.34. The highest BCUT2D eigenvalue weighted by atomic mass is 31.3. The molecular weight excluding hydrogens is 574 g/mol.